The summed E-state index contributed by atoms with van der Waals surface area (Å²) in [7, 11) is 0. The molecule has 20 heavy (non-hydrogen) atoms. The fraction of sp³-hybridized carbons (Fsp3) is 0.429. The fourth-order valence-electron chi connectivity index (χ4n) is 2.57. The van der Waals surface area contributed by atoms with E-state index in [0.717, 1.165) is 30.3 Å². The van der Waals surface area contributed by atoms with Crippen LogP contribution in [0, 0.1) is 12.8 Å². The van der Waals surface area contributed by atoms with Crippen molar-refractivity contribution >= 4 is 5.82 Å². The van der Waals surface area contributed by atoms with Gasteiger partial charge in [0.1, 0.15) is 11.6 Å². The number of aryl methyl sites for hydroxylation is 1. The first-order valence-corrected chi connectivity index (χ1v) is 6.70. The van der Waals surface area contributed by atoms with Crippen LogP contribution in [0.4, 0.5) is 5.82 Å². The molecule has 0 radical (unpaired) electrons. The van der Waals surface area contributed by atoms with Crippen LogP contribution in [0.2, 0.25) is 0 Å². The molecule has 0 spiro atoms. The molecule has 1 saturated heterocycles. The Morgan fingerprint density at radius 1 is 1.25 bits per heavy atom. The zero-order valence-electron chi connectivity index (χ0n) is 11.3. The lowest BCUT2D eigenvalue weighted by Crippen LogP contribution is -2.22. The summed E-state index contributed by atoms with van der Waals surface area (Å²) >= 11 is 0. The van der Waals surface area contributed by atoms with Crippen LogP contribution in [0.5, 0.6) is 0 Å². The number of hydrogen-bond donors (Lipinski definition) is 1. The van der Waals surface area contributed by atoms with Crippen LogP contribution in [-0.4, -0.2) is 44.2 Å². The molecule has 0 unspecified atom stereocenters. The summed E-state index contributed by atoms with van der Waals surface area (Å²) < 4.78 is 0. The maximum Gasteiger partial charge on any atom is 0.132 e. The van der Waals surface area contributed by atoms with Gasteiger partial charge in [0.2, 0.25) is 0 Å². The van der Waals surface area contributed by atoms with Crippen molar-refractivity contribution in [1.82, 2.24) is 19.9 Å². The summed E-state index contributed by atoms with van der Waals surface area (Å²) in [6.07, 6.45) is 7.21. The molecule has 0 aromatic carbocycles. The number of aliphatic hydroxyl groups is 1. The van der Waals surface area contributed by atoms with Gasteiger partial charge in [-0.2, -0.15) is 0 Å². The number of aliphatic hydroxyl groups excluding tert-OH is 1. The van der Waals surface area contributed by atoms with E-state index in [1.165, 1.54) is 0 Å². The third-order valence-corrected chi connectivity index (χ3v) is 3.58. The average Bonchev–Trinajstić information content (AvgIpc) is 2.81. The molecule has 0 aliphatic carbocycles. The van der Waals surface area contributed by atoms with Gasteiger partial charge in [0, 0.05) is 43.8 Å². The lowest BCUT2D eigenvalue weighted by Gasteiger charge is -2.16. The smallest absolute Gasteiger partial charge is 0.132 e. The van der Waals surface area contributed by atoms with Gasteiger partial charge in [0.05, 0.1) is 11.8 Å². The van der Waals surface area contributed by atoms with E-state index in [-0.39, 0.29) is 12.0 Å². The lowest BCUT2D eigenvalue weighted by atomic mass is 10.0. The summed E-state index contributed by atoms with van der Waals surface area (Å²) in [6, 6.07) is 1.88. The number of hydrogen-bond acceptors (Lipinski definition) is 6. The number of aromatic nitrogens is 4. The zero-order valence-corrected chi connectivity index (χ0v) is 11.3. The van der Waals surface area contributed by atoms with E-state index in [9.17, 15) is 5.11 Å². The minimum Gasteiger partial charge on any atom is -0.391 e. The molecule has 3 heterocycles. The summed E-state index contributed by atoms with van der Waals surface area (Å²) in [6.45, 7) is 3.24. The molecular weight excluding hydrogens is 254 g/mol. The van der Waals surface area contributed by atoms with Gasteiger partial charge in [-0.15, -0.1) is 0 Å². The summed E-state index contributed by atoms with van der Waals surface area (Å²) in [5, 5.41) is 10.2. The van der Waals surface area contributed by atoms with Gasteiger partial charge in [-0.25, -0.2) is 9.97 Å². The highest BCUT2D eigenvalue weighted by molar-refractivity contribution is 5.39. The second kappa shape index (κ2) is 5.50. The highest BCUT2D eigenvalue weighted by atomic mass is 16.3. The van der Waals surface area contributed by atoms with Crippen LogP contribution in [0.15, 0.2) is 30.9 Å². The fourth-order valence-corrected chi connectivity index (χ4v) is 2.57. The van der Waals surface area contributed by atoms with Crippen molar-refractivity contribution in [1.29, 1.82) is 0 Å². The van der Waals surface area contributed by atoms with Crippen molar-refractivity contribution in [2.75, 3.05) is 18.0 Å². The van der Waals surface area contributed by atoms with E-state index in [1.54, 1.807) is 24.8 Å². The molecule has 3 rings (SSSR count). The molecule has 1 aliphatic heterocycles. The molecule has 2 atom stereocenters. The molecule has 104 valence electrons. The Bertz CT molecular complexity index is 577. The number of β-amino-alcohol motifs (C(OH)–C–C–N with tert-alkyl or cyclic N) is 1. The molecule has 2 aromatic heterocycles. The van der Waals surface area contributed by atoms with Crippen LogP contribution < -0.4 is 4.90 Å². The molecule has 2 aromatic rings. The second-order valence-electron chi connectivity index (χ2n) is 5.10. The van der Waals surface area contributed by atoms with E-state index in [4.69, 9.17) is 0 Å². The number of rotatable bonds is 3. The van der Waals surface area contributed by atoms with Crippen molar-refractivity contribution in [2.24, 2.45) is 5.92 Å². The summed E-state index contributed by atoms with van der Waals surface area (Å²) in [5.74, 6) is 1.77. The Morgan fingerprint density at radius 2 is 2.15 bits per heavy atom. The number of nitrogens with zero attached hydrogens (tertiary/aromatic N) is 5. The molecule has 6 heteroatoms. The standard InChI is InChI=1S/C14H17N5O/c1-10-16-3-2-14(18-10)19-8-11(13(20)9-19)6-12-7-15-4-5-17-12/h2-5,7,11,13,20H,6,8-9H2,1H3/t11-,13-/m1/s1. The molecule has 0 saturated carbocycles. The topological polar surface area (TPSA) is 75.0 Å². The number of anilines is 1. The van der Waals surface area contributed by atoms with Crippen molar-refractivity contribution < 1.29 is 5.11 Å². The Kier molecular flexibility index (Phi) is 3.56. The monoisotopic (exact) mass is 271 g/mol. The van der Waals surface area contributed by atoms with Gasteiger partial charge in [-0.05, 0) is 19.4 Å². The van der Waals surface area contributed by atoms with Crippen LogP contribution in [0.3, 0.4) is 0 Å². The Morgan fingerprint density at radius 3 is 2.90 bits per heavy atom. The maximum atomic E-state index is 10.2. The molecule has 1 aliphatic rings. The Balaban J connectivity index is 1.71. The molecular formula is C14H17N5O. The minimum atomic E-state index is -0.368. The van der Waals surface area contributed by atoms with E-state index in [1.807, 2.05) is 13.0 Å². The van der Waals surface area contributed by atoms with E-state index in [2.05, 4.69) is 24.8 Å². The molecule has 0 bridgehead atoms. The average molecular weight is 271 g/mol. The van der Waals surface area contributed by atoms with Crippen LogP contribution in [0.1, 0.15) is 11.5 Å². The molecule has 0 amide bonds. The third-order valence-electron chi connectivity index (χ3n) is 3.58. The SMILES string of the molecule is Cc1nccc(N2C[C@@H](Cc3cnccn3)[C@H](O)C2)n1. The van der Waals surface area contributed by atoms with Gasteiger partial charge in [-0.3, -0.25) is 9.97 Å². The predicted molar refractivity (Wildman–Crippen MR) is 74.2 cm³/mol. The van der Waals surface area contributed by atoms with E-state index in [0.29, 0.717) is 6.54 Å². The highest BCUT2D eigenvalue weighted by Gasteiger charge is 2.32. The van der Waals surface area contributed by atoms with Gasteiger partial charge in [0.25, 0.3) is 0 Å². The first-order valence-electron chi connectivity index (χ1n) is 6.70. The summed E-state index contributed by atoms with van der Waals surface area (Å²) in [5.41, 5.74) is 0.914. The third kappa shape index (κ3) is 2.75. The van der Waals surface area contributed by atoms with Gasteiger partial charge >= 0.3 is 0 Å². The largest absolute Gasteiger partial charge is 0.391 e. The van der Waals surface area contributed by atoms with Crippen molar-refractivity contribution in [3.05, 3.63) is 42.4 Å². The molecule has 6 nitrogen and oxygen atoms in total. The second-order valence-corrected chi connectivity index (χ2v) is 5.10. The maximum absolute atomic E-state index is 10.2. The normalized spacial score (nSPS) is 22.2. The van der Waals surface area contributed by atoms with Gasteiger partial charge < -0.3 is 10.0 Å². The lowest BCUT2D eigenvalue weighted by molar-refractivity contribution is 0.147. The van der Waals surface area contributed by atoms with Crippen LogP contribution in [0.25, 0.3) is 0 Å². The van der Waals surface area contributed by atoms with Gasteiger partial charge in [0.15, 0.2) is 0 Å². The molecule has 1 fully saturated rings. The van der Waals surface area contributed by atoms with Crippen LogP contribution >= 0.6 is 0 Å². The first kappa shape index (κ1) is 12.9. The predicted octanol–water partition coefficient (Wildman–Crippen LogP) is 0.615. The van der Waals surface area contributed by atoms with Gasteiger partial charge in [-0.1, -0.05) is 0 Å². The van der Waals surface area contributed by atoms with Crippen LogP contribution in [-0.2, 0) is 6.42 Å². The Hall–Kier alpha value is -2.08. The molecule has 1 N–H and O–H groups in total. The zero-order chi connectivity index (χ0) is 13.9. The van der Waals surface area contributed by atoms with E-state index < -0.39 is 0 Å². The first-order chi connectivity index (χ1) is 9.72. The summed E-state index contributed by atoms with van der Waals surface area (Å²) in [4.78, 5) is 18.9. The van der Waals surface area contributed by atoms with Crippen molar-refractivity contribution in [3.8, 4) is 0 Å². The minimum absolute atomic E-state index is 0.155. The quantitative estimate of drug-likeness (QED) is 0.882. The van der Waals surface area contributed by atoms with E-state index >= 15 is 0 Å². The van der Waals surface area contributed by atoms with Crippen molar-refractivity contribution in [2.45, 2.75) is 19.4 Å². The Labute approximate surface area is 117 Å². The van der Waals surface area contributed by atoms with Crippen molar-refractivity contribution in [3.63, 3.8) is 0 Å². The highest BCUT2D eigenvalue weighted by Crippen LogP contribution is 2.24.